The third kappa shape index (κ3) is 5.74. The second kappa shape index (κ2) is 8.53. The van der Waals surface area contributed by atoms with Crippen LogP contribution in [0.5, 0.6) is 0 Å². The lowest BCUT2D eigenvalue weighted by atomic mass is 10.0. The van der Waals surface area contributed by atoms with Gasteiger partial charge in [0.05, 0.1) is 0 Å². The molecule has 0 aliphatic rings. The highest BCUT2D eigenvalue weighted by Gasteiger charge is 2.08. The minimum Gasteiger partial charge on any atom is -0.396 e. The molecule has 0 saturated carbocycles. The minimum atomic E-state index is 0.223. The largest absolute Gasteiger partial charge is 0.396 e. The number of hydrogen-bond acceptors (Lipinski definition) is 6. The van der Waals surface area contributed by atoms with Crippen molar-refractivity contribution in [3.8, 4) is 0 Å². The summed E-state index contributed by atoms with van der Waals surface area (Å²) in [5.74, 6) is 2.16. The molecular weight excluding hydrogens is 242 g/mol. The molecule has 108 valence electrons. The number of nitrogens with one attached hydrogen (secondary N) is 2. The van der Waals surface area contributed by atoms with Crippen LogP contribution >= 0.6 is 0 Å². The molecule has 6 heteroatoms. The maximum atomic E-state index is 9.04. The molecule has 19 heavy (non-hydrogen) atoms. The summed E-state index contributed by atoms with van der Waals surface area (Å²) in [6, 6.07) is 1.85. The third-order valence-corrected chi connectivity index (χ3v) is 2.91. The summed E-state index contributed by atoms with van der Waals surface area (Å²) in [6.07, 6.45) is 3.01. The molecule has 0 aliphatic carbocycles. The first kappa shape index (κ1) is 15.5. The van der Waals surface area contributed by atoms with E-state index < -0.39 is 0 Å². The Hall–Kier alpha value is -1.56. The van der Waals surface area contributed by atoms with Gasteiger partial charge in [-0.1, -0.05) is 13.3 Å². The Morgan fingerprint density at radius 3 is 2.47 bits per heavy atom. The lowest BCUT2D eigenvalue weighted by molar-refractivity contribution is 0.255. The molecule has 0 radical (unpaired) electrons. The Balaban J connectivity index is 2.59. The zero-order valence-corrected chi connectivity index (χ0v) is 11.8. The smallest absolute Gasteiger partial charge is 0.223 e. The van der Waals surface area contributed by atoms with Crippen molar-refractivity contribution in [3.05, 3.63) is 6.07 Å². The fraction of sp³-hybridized carbons (Fsp3) is 0.692. The summed E-state index contributed by atoms with van der Waals surface area (Å²) in [7, 11) is 0. The van der Waals surface area contributed by atoms with Gasteiger partial charge in [-0.15, -0.1) is 0 Å². The fourth-order valence-corrected chi connectivity index (χ4v) is 2.02. The summed E-state index contributed by atoms with van der Waals surface area (Å²) in [5, 5.41) is 15.4. The normalized spacial score (nSPS) is 12.2. The van der Waals surface area contributed by atoms with Gasteiger partial charge >= 0.3 is 0 Å². The van der Waals surface area contributed by atoms with E-state index >= 15 is 0 Å². The van der Waals surface area contributed by atoms with Crippen molar-refractivity contribution < 1.29 is 5.11 Å². The predicted molar refractivity (Wildman–Crippen MR) is 79.2 cm³/mol. The van der Waals surface area contributed by atoms with Crippen LogP contribution in [0.1, 0.15) is 33.1 Å². The van der Waals surface area contributed by atoms with E-state index in [1.807, 2.05) is 13.0 Å². The quantitative estimate of drug-likeness (QED) is 0.544. The Bertz CT molecular complexity index is 366. The maximum Gasteiger partial charge on any atom is 0.223 e. The van der Waals surface area contributed by atoms with Crippen molar-refractivity contribution in [2.45, 2.75) is 33.1 Å². The van der Waals surface area contributed by atoms with E-state index in [4.69, 9.17) is 10.8 Å². The van der Waals surface area contributed by atoms with Gasteiger partial charge < -0.3 is 21.5 Å². The average molecular weight is 267 g/mol. The molecule has 0 saturated heterocycles. The van der Waals surface area contributed by atoms with E-state index in [1.54, 1.807) is 0 Å². The first-order valence-corrected chi connectivity index (χ1v) is 6.92. The zero-order valence-electron chi connectivity index (χ0n) is 11.8. The number of hydrogen-bond donors (Lipinski definition) is 4. The number of nitrogens with zero attached hydrogens (tertiary/aromatic N) is 2. The summed E-state index contributed by atoms with van der Waals surface area (Å²) >= 11 is 0. The highest BCUT2D eigenvalue weighted by atomic mass is 16.3. The van der Waals surface area contributed by atoms with Crippen LogP contribution in [-0.4, -0.2) is 34.8 Å². The highest BCUT2D eigenvalue weighted by molar-refractivity contribution is 5.50. The Kier molecular flexibility index (Phi) is 6.95. The lowest BCUT2D eigenvalue weighted by Gasteiger charge is -2.16. The summed E-state index contributed by atoms with van der Waals surface area (Å²) in [4.78, 5) is 8.26. The van der Waals surface area contributed by atoms with E-state index in [9.17, 15) is 0 Å². The number of aliphatic hydroxyl groups is 1. The van der Waals surface area contributed by atoms with Crippen LogP contribution in [0, 0.1) is 5.92 Å². The van der Waals surface area contributed by atoms with Crippen LogP contribution < -0.4 is 16.4 Å². The number of aromatic nitrogens is 2. The van der Waals surface area contributed by atoms with Gasteiger partial charge in [0, 0.05) is 25.8 Å². The van der Waals surface area contributed by atoms with Crippen molar-refractivity contribution in [2.24, 2.45) is 5.92 Å². The molecule has 0 aromatic carbocycles. The predicted octanol–water partition coefficient (Wildman–Crippen LogP) is 1.70. The van der Waals surface area contributed by atoms with Crippen molar-refractivity contribution in [2.75, 3.05) is 36.1 Å². The Morgan fingerprint density at radius 1 is 1.21 bits per heavy atom. The molecule has 1 unspecified atom stereocenters. The molecule has 1 heterocycles. The van der Waals surface area contributed by atoms with Gasteiger partial charge in [0.2, 0.25) is 5.95 Å². The number of anilines is 3. The molecule has 5 N–H and O–H groups in total. The van der Waals surface area contributed by atoms with E-state index in [-0.39, 0.29) is 12.6 Å². The van der Waals surface area contributed by atoms with Crippen molar-refractivity contribution >= 4 is 17.6 Å². The average Bonchev–Trinajstić information content (AvgIpc) is 2.36. The summed E-state index contributed by atoms with van der Waals surface area (Å²) in [6.45, 7) is 5.95. The van der Waals surface area contributed by atoms with Crippen molar-refractivity contribution in [1.29, 1.82) is 0 Å². The first-order valence-electron chi connectivity index (χ1n) is 6.92. The van der Waals surface area contributed by atoms with Crippen molar-refractivity contribution in [1.82, 2.24) is 9.97 Å². The van der Waals surface area contributed by atoms with Gasteiger partial charge in [0.1, 0.15) is 11.6 Å². The van der Waals surface area contributed by atoms with Crippen LogP contribution in [0.2, 0.25) is 0 Å². The molecule has 1 aromatic rings. The second-order valence-electron chi connectivity index (χ2n) is 4.57. The van der Waals surface area contributed by atoms with E-state index in [0.717, 1.165) is 44.0 Å². The molecule has 1 rings (SSSR count). The number of nitrogen functional groups attached to an aromatic ring is 1. The highest BCUT2D eigenvalue weighted by Crippen LogP contribution is 2.15. The van der Waals surface area contributed by atoms with Crippen LogP contribution in [0.4, 0.5) is 17.6 Å². The van der Waals surface area contributed by atoms with Gasteiger partial charge in [-0.25, -0.2) is 0 Å². The van der Waals surface area contributed by atoms with Crippen LogP contribution in [0.15, 0.2) is 6.07 Å². The van der Waals surface area contributed by atoms with Crippen molar-refractivity contribution in [3.63, 3.8) is 0 Å². The van der Waals surface area contributed by atoms with Crippen LogP contribution in [0.3, 0.4) is 0 Å². The topological polar surface area (TPSA) is 96.1 Å². The monoisotopic (exact) mass is 267 g/mol. The van der Waals surface area contributed by atoms with Gasteiger partial charge in [-0.3, -0.25) is 0 Å². The maximum absolute atomic E-state index is 9.04. The lowest BCUT2D eigenvalue weighted by Crippen LogP contribution is -2.17. The van der Waals surface area contributed by atoms with Gasteiger partial charge in [0.15, 0.2) is 0 Å². The molecule has 0 amide bonds. The SMILES string of the molecule is CCCC(CCO)CNc1cc(NCC)nc(N)n1. The van der Waals surface area contributed by atoms with Gasteiger partial charge in [-0.2, -0.15) is 9.97 Å². The number of nitrogens with two attached hydrogens (primary N) is 1. The molecule has 1 atom stereocenters. The van der Waals surface area contributed by atoms with E-state index in [1.165, 1.54) is 0 Å². The third-order valence-electron chi connectivity index (χ3n) is 2.91. The summed E-state index contributed by atoms with van der Waals surface area (Å²) < 4.78 is 0. The van der Waals surface area contributed by atoms with Crippen LogP contribution in [0.25, 0.3) is 0 Å². The Labute approximate surface area is 114 Å². The second-order valence-corrected chi connectivity index (χ2v) is 4.57. The molecular formula is C13H25N5O. The standard InChI is InChI=1S/C13H25N5O/c1-3-5-10(6-7-19)9-16-12-8-11(15-4-2)17-13(14)18-12/h8,10,19H,3-7,9H2,1-2H3,(H4,14,15,16,17,18). The number of aliphatic hydroxyl groups excluding tert-OH is 1. The molecule has 0 spiro atoms. The zero-order chi connectivity index (χ0) is 14.1. The molecule has 6 nitrogen and oxygen atoms in total. The molecule has 0 fully saturated rings. The van der Waals surface area contributed by atoms with Gasteiger partial charge in [-0.05, 0) is 25.7 Å². The van der Waals surface area contributed by atoms with Crippen LogP contribution in [-0.2, 0) is 0 Å². The molecule has 0 bridgehead atoms. The fourth-order valence-electron chi connectivity index (χ4n) is 2.02. The Morgan fingerprint density at radius 2 is 1.89 bits per heavy atom. The van der Waals surface area contributed by atoms with Gasteiger partial charge in [0.25, 0.3) is 0 Å². The molecule has 1 aromatic heterocycles. The first-order chi connectivity index (χ1) is 9.19. The minimum absolute atomic E-state index is 0.223. The van der Waals surface area contributed by atoms with E-state index in [0.29, 0.717) is 5.92 Å². The molecule has 0 aliphatic heterocycles. The summed E-state index contributed by atoms with van der Waals surface area (Å²) in [5.41, 5.74) is 5.67. The van der Waals surface area contributed by atoms with E-state index in [2.05, 4.69) is 27.5 Å². The number of rotatable bonds is 9.